The summed E-state index contributed by atoms with van der Waals surface area (Å²) < 4.78 is 10.8. The van der Waals surface area contributed by atoms with Crippen molar-refractivity contribution in [2.24, 2.45) is 0 Å². The van der Waals surface area contributed by atoms with Gasteiger partial charge in [0.25, 0.3) is 0 Å². The molecular weight excluding hydrogens is 252 g/mol. The molecule has 1 aliphatic rings. The summed E-state index contributed by atoms with van der Waals surface area (Å²) in [6, 6.07) is 13.7. The molecule has 0 spiro atoms. The van der Waals surface area contributed by atoms with E-state index < -0.39 is 0 Å². The van der Waals surface area contributed by atoms with Crippen molar-refractivity contribution in [1.82, 2.24) is 0 Å². The summed E-state index contributed by atoms with van der Waals surface area (Å²) in [7, 11) is 1.56. The number of benzene rings is 2. The molecular formula is C17H16O3. The largest absolute Gasteiger partial charge is 0.496 e. The molecule has 1 atom stereocenters. The van der Waals surface area contributed by atoms with Crippen LogP contribution in [-0.4, -0.2) is 13.1 Å². The van der Waals surface area contributed by atoms with Crippen molar-refractivity contribution < 1.29 is 14.3 Å². The van der Waals surface area contributed by atoms with Crippen molar-refractivity contribution >= 4 is 5.97 Å². The van der Waals surface area contributed by atoms with Gasteiger partial charge in [0.15, 0.2) is 0 Å². The van der Waals surface area contributed by atoms with E-state index in [2.05, 4.69) is 0 Å². The number of carbonyl (C=O) groups excluding carboxylic acids is 1. The number of hydrogen-bond acceptors (Lipinski definition) is 3. The zero-order chi connectivity index (χ0) is 14.1. The minimum Gasteiger partial charge on any atom is -0.496 e. The number of methoxy groups -OCH3 is 1. The SMILES string of the molecule is COc1cccc2c1C(=O)OC(c1ccc(C)cc1)C2. The van der Waals surface area contributed by atoms with Gasteiger partial charge in [0.2, 0.25) is 0 Å². The van der Waals surface area contributed by atoms with Gasteiger partial charge >= 0.3 is 5.97 Å². The molecule has 0 aliphatic carbocycles. The van der Waals surface area contributed by atoms with Crippen molar-refractivity contribution in [1.29, 1.82) is 0 Å². The van der Waals surface area contributed by atoms with E-state index in [1.165, 1.54) is 5.56 Å². The van der Waals surface area contributed by atoms with E-state index in [1.54, 1.807) is 13.2 Å². The molecule has 0 bridgehead atoms. The van der Waals surface area contributed by atoms with E-state index in [9.17, 15) is 4.79 Å². The second-order valence-electron chi connectivity index (χ2n) is 5.00. The number of rotatable bonds is 2. The van der Waals surface area contributed by atoms with Crippen LogP contribution >= 0.6 is 0 Å². The van der Waals surface area contributed by atoms with Crippen LogP contribution < -0.4 is 4.74 Å². The van der Waals surface area contributed by atoms with Crippen LogP contribution in [0, 0.1) is 6.92 Å². The Morgan fingerprint density at radius 2 is 1.90 bits per heavy atom. The first-order valence-corrected chi connectivity index (χ1v) is 6.62. The molecule has 3 heteroatoms. The standard InChI is InChI=1S/C17H16O3/c1-11-6-8-12(9-7-11)15-10-13-4-3-5-14(19-2)16(13)17(18)20-15/h3-9,15H,10H2,1-2H3. The number of hydrogen-bond donors (Lipinski definition) is 0. The maximum Gasteiger partial charge on any atom is 0.342 e. The lowest BCUT2D eigenvalue weighted by Crippen LogP contribution is -2.22. The second-order valence-corrected chi connectivity index (χ2v) is 5.00. The van der Waals surface area contributed by atoms with Crippen LogP contribution in [0.5, 0.6) is 5.75 Å². The lowest BCUT2D eigenvalue weighted by Gasteiger charge is -2.26. The van der Waals surface area contributed by atoms with Crippen molar-refractivity contribution in [3.8, 4) is 5.75 Å². The third-order valence-corrected chi connectivity index (χ3v) is 3.64. The lowest BCUT2D eigenvalue weighted by atomic mass is 9.94. The van der Waals surface area contributed by atoms with Crippen LogP contribution in [0.2, 0.25) is 0 Å². The minimum atomic E-state index is -0.311. The average molecular weight is 268 g/mol. The summed E-state index contributed by atoms with van der Waals surface area (Å²) in [4.78, 5) is 12.2. The van der Waals surface area contributed by atoms with E-state index in [1.807, 2.05) is 43.3 Å². The Labute approximate surface area is 118 Å². The fourth-order valence-electron chi connectivity index (χ4n) is 2.54. The predicted molar refractivity (Wildman–Crippen MR) is 76.0 cm³/mol. The molecule has 1 unspecified atom stereocenters. The molecule has 0 aromatic heterocycles. The van der Waals surface area contributed by atoms with Crippen molar-refractivity contribution in [3.63, 3.8) is 0 Å². The first-order valence-electron chi connectivity index (χ1n) is 6.62. The van der Waals surface area contributed by atoms with E-state index >= 15 is 0 Å². The molecule has 0 saturated heterocycles. The van der Waals surface area contributed by atoms with Gasteiger partial charge in [0.1, 0.15) is 17.4 Å². The van der Waals surface area contributed by atoms with Crippen LogP contribution in [-0.2, 0) is 11.2 Å². The highest BCUT2D eigenvalue weighted by Crippen LogP contribution is 2.34. The van der Waals surface area contributed by atoms with Gasteiger partial charge < -0.3 is 9.47 Å². The summed E-state index contributed by atoms with van der Waals surface area (Å²) >= 11 is 0. The predicted octanol–water partition coefficient (Wildman–Crippen LogP) is 3.46. The summed E-state index contributed by atoms with van der Waals surface area (Å²) in [6.45, 7) is 2.04. The van der Waals surface area contributed by atoms with Gasteiger partial charge in [-0.3, -0.25) is 0 Å². The molecule has 20 heavy (non-hydrogen) atoms. The topological polar surface area (TPSA) is 35.5 Å². The second kappa shape index (κ2) is 5.00. The first kappa shape index (κ1) is 12.7. The van der Waals surface area contributed by atoms with E-state index in [4.69, 9.17) is 9.47 Å². The Kier molecular flexibility index (Phi) is 3.18. The minimum absolute atomic E-state index is 0.220. The van der Waals surface area contributed by atoms with Crippen LogP contribution in [0.15, 0.2) is 42.5 Å². The zero-order valence-electron chi connectivity index (χ0n) is 11.6. The Hall–Kier alpha value is -2.29. The fraction of sp³-hybridized carbons (Fsp3) is 0.235. The smallest absolute Gasteiger partial charge is 0.342 e. The van der Waals surface area contributed by atoms with Crippen LogP contribution in [0.1, 0.15) is 33.2 Å². The highest BCUT2D eigenvalue weighted by atomic mass is 16.5. The Balaban J connectivity index is 1.97. The molecule has 2 aromatic carbocycles. The summed E-state index contributed by atoms with van der Waals surface area (Å²) in [5.74, 6) is 0.268. The fourth-order valence-corrected chi connectivity index (χ4v) is 2.54. The monoisotopic (exact) mass is 268 g/mol. The lowest BCUT2D eigenvalue weighted by molar-refractivity contribution is 0.0248. The van der Waals surface area contributed by atoms with Gasteiger partial charge in [-0.15, -0.1) is 0 Å². The third-order valence-electron chi connectivity index (χ3n) is 3.64. The molecule has 3 nitrogen and oxygen atoms in total. The molecule has 3 rings (SSSR count). The highest BCUT2D eigenvalue weighted by molar-refractivity contribution is 5.95. The van der Waals surface area contributed by atoms with Gasteiger partial charge in [-0.25, -0.2) is 4.79 Å². The van der Waals surface area contributed by atoms with Gasteiger partial charge in [-0.2, -0.15) is 0 Å². The van der Waals surface area contributed by atoms with Gasteiger partial charge in [-0.05, 0) is 24.1 Å². The number of cyclic esters (lactones) is 1. The van der Waals surface area contributed by atoms with Crippen LogP contribution in [0.25, 0.3) is 0 Å². The molecule has 0 amide bonds. The van der Waals surface area contributed by atoms with Gasteiger partial charge in [0.05, 0.1) is 7.11 Å². The van der Waals surface area contributed by atoms with E-state index in [-0.39, 0.29) is 12.1 Å². The summed E-state index contributed by atoms with van der Waals surface area (Å²) in [5.41, 5.74) is 3.75. The molecule has 2 aromatic rings. The first-order chi connectivity index (χ1) is 9.69. The van der Waals surface area contributed by atoms with Gasteiger partial charge in [-0.1, -0.05) is 42.0 Å². The summed E-state index contributed by atoms with van der Waals surface area (Å²) in [6.07, 6.45) is 0.462. The Morgan fingerprint density at radius 3 is 2.60 bits per heavy atom. The molecule has 0 saturated carbocycles. The van der Waals surface area contributed by atoms with Crippen LogP contribution in [0.4, 0.5) is 0 Å². The molecule has 1 heterocycles. The van der Waals surface area contributed by atoms with Crippen molar-refractivity contribution in [2.75, 3.05) is 7.11 Å². The quantitative estimate of drug-likeness (QED) is 0.782. The normalized spacial score (nSPS) is 17.3. The maximum absolute atomic E-state index is 12.2. The van der Waals surface area contributed by atoms with E-state index in [0.717, 1.165) is 11.1 Å². The number of ether oxygens (including phenoxy) is 2. The molecule has 0 N–H and O–H groups in total. The van der Waals surface area contributed by atoms with Crippen LogP contribution in [0.3, 0.4) is 0 Å². The van der Waals surface area contributed by atoms with Crippen molar-refractivity contribution in [3.05, 3.63) is 64.7 Å². The number of aryl methyl sites for hydroxylation is 1. The average Bonchev–Trinajstić information content (AvgIpc) is 2.47. The highest BCUT2D eigenvalue weighted by Gasteiger charge is 2.29. The van der Waals surface area contributed by atoms with Gasteiger partial charge in [0, 0.05) is 6.42 Å². The molecule has 0 fully saturated rings. The van der Waals surface area contributed by atoms with Crippen molar-refractivity contribution in [2.45, 2.75) is 19.4 Å². The Morgan fingerprint density at radius 1 is 1.15 bits per heavy atom. The molecule has 102 valence electrons. The number of fused-ring (bicyclic) bond motifs is 1. The number of esters is 1. The van der Waals surface area contributed by atoms with E-state index in [0.29, 0.717) is 17.7 Å². The Bertz CT molecular complexity index is 644. The zero-order valence-corrected chi connectivity index (χ0v) is 11.6. The summed E-state index contributed by atoms with van der Waals surface area (Å²) in [5, 5.41) is 0. The maximum atomic E-state index is 12.2. The molecule has 1 aliphatic heterocycles. The number of carbonyl (C=O) groups is 1. The molecule has 0 radical (unpaired) electrons. The third kappa shape index (κ3) is 2.16.